The lowest BCUT2D eigenvalue weighted by molar-refractivity contribution is 0.102. The van der Waals surface area contributed by atoms with E-state index < -0.39 is 11.7 Å². The summed E-state index contributed by atoms with van der Waals surface area (Å²) < 4.78 is 13.4. The first-order valence-corrected chi connectivity index (χ1v) is 6.05. The third-order valence-electron chi connectivity index (χ3n) is 2.44. The molecule has 2 aromatic rings. The molecule has 3 nitrogen and oxygen atoms in total. The molecule has 1 amide bonds. The Morgan fingerprint density at radius 2 is 1.89 bits per heavy atom. The Bertz CT molecular complexity index is 623. The molecule has 0 aliphatic heterocycles. The van der Waals surface area contributed by atoms with E-state index in [1.54, 1.807) is 6.07 Å². The van der Waals surface area contributed by atoms with E-state index in [1.165, 1.54) is 30.3 Å². The van der Waals surface area contributed by atoms with Crippen molar-refractivity contribution in [3.05, 3.63) is 57.8 Å². The monoisotopic (exact) mass is 298 g/mol. The van der Waals surface area contributed by atoms with Gasteiger partial charge in [0.25, 0.3) is 5.91 Å². The van der Waals surface area contributed by atoms with Crippen LogP contribution >= 0.6 is 23.2 Å². The number of carbonyl (C=O) groups excluding carboxylic acids is 1. The Morgan fingerprint density at radius 1 is 1.21 bits per heavy atom. The molecule has 19 heavy (non-hydrogen) atoms. The normalized spacial score (nSPS) is 10.3. The van der Waals surface area contributed by atoms with E-state index in [-0.39, 0.29) is 27.0 Å². The number of hydrogen-bond acceptors (Lipinski definition) is 2. The second-order valence-electron chi connectivity index (χ2n) is 3.80. The molecule has 0 bridgehead atoms. The van der Waals surface area contributed by atoms with Crippen molar-refractivity contribution in [1.82, 2.24) is 0 Å². The van der Waals surface area contributed by atoms with Crippen LogP contribution in [0.1, 0.15) is 10.4 Å². The molecular weight excluding hydrogens is 290 g/mol. The van der Waals surface area contributed by atoms with E-state index >= 15 is 0 Å². The van der Waals surface area contributed by atoms with Gasteiger partial charge in [-0.3, -0.25) is 4.79 Å². The lowest BCUT2D eigenvalue weighted by atomic mass is 10.2. The lowest BCUT2D eigenvalue weighted by Gasteiger charge is -2.08. The summed E-state index contributed by atoms with van der Waals surface area (Å²) in [5, 5.41) is 2.78. The molecule has 0 unspecified atom stereocenters. The van der Waals surface area contributed by atoms with E-state index in [4.69, 9.17) is 28.9 Å². The van der Waals surface area contributed by atoms with Gasteiger partial charge < -0.3 is 11.1 Å². The molecule has 0 saturated carbocycles. The maximum atomic E-state index is 13.4. The highest BCUT2D eigenvalue weighted by Crippen LogP contribution is 2.29. The van der Waals surface area contributed by atoms with Crippen LogP contribution in [0, 0.1) is 5.82 Å². The van der Waals surface area contributed by atoms with Crippen LogP contribution in [0.2, 0.25) is 10.0 Å². The van der Waals surface area contributed by atoms with Crippen molar-refractivity contribution in [3.63, 3.8) is 0 Å². The van der Waals surface area contributed by atoms with Crippen LogP contribution in [0.15, 0.2) is 36.4 Å². The number of anilines is 2. The van der Waals surface area contributed by atoms with Crippen molar-refractivity contribution in [1.29, 1.82) is 0 Å². The molecule has 3 N–H and O–H groups in total. The van der Waals surface area contributed by atoms with Crippen LogP contribution in [0.3, 0.4) is 0 Å². The van der Waals surface area contributed by atoms with Crippen LogP contribution < -0.4 is 11.1 Å². The van der Waals surface area contributed by atoms with Crippen molar-refractivity contribution in [2.75, 3.05) is 11.1 Å². The average Bonchev–Trinajstić information content (AvgIpc) is 2.38. The standard InChI is InChI=1S/C13H9Cl2FN2O/c14-8-5-7(6-10(17)12(8)15)13(19)18-11-4-2-1-3-9(11)16/h1-6H,17H2,(H,18,19). The molecule has 98 valence electrons. The van der Waals surface area contributed by atoms with Gasteiger partial charge in [-0.25, -0.2) is 4.39 Å². The van der Waals surface area contributed by atoms with Crippen LogP contribution in [0.25, 0.3) is 0 Å². The van der Waals surface area contributed by atoms with Gasteiger partial charge in [-0.1, -0.05) is 35.3 Å². The summed E-state index contributed by atoms with van der Waals surface area (Å²) in [6.45, 7) is 0. The lowest BCUT2D eigenvalue weighted by Crippen LogP contribution is -2.13. The molecule has 0 radical (unpaired) electrons. The van der Waals surface area contributed by atoms with Gasteiger partial charge in [-0.05, 0) is 24.3 Å². The summed E-state index contributed by atoms with van der Waals surface area (Å²) in [7, 11) is 0. The largest absolute Gasteiger partial charge is 0.397 e. The first-order valence-electron chi connectivity index (χ1n) is 5.29. The number of nitrogens with one attached hydrogen (secondary N) is 1. The Balaban J connectivity index is 2.28. The summed E-state index contributed by atoms with van der Waals surface area (Å²) in [5.74, 6) is -1.04. The van der Waals surface area contributed by atoms with Gasteiger partial charge in [0.2, 0.25) is 0 Å². The fourth-order valence-corrected chi connectivity index (χ4v) is 1.83. The SMILES string of the molecule is Nc1cc(C(=O)Nc2ccccc2F)cc(Cl)c1Cl. The minimum absolute atomic E-state index is 0.0807. The minimum atomic E-state index is -0.524. The molecule has 0 aliphatic carbocycles. The molecule has 2 rings (SSSR count). The molecule has 0 fully saturated rings. The summed E-state index contributed by atoms with van der Waals surface area (Å²) >= 11 is 11.6. The predicted molar refractivity (Wildman–Crippen MR) is 75.2 cm³/mol. The summed E-state index contributed by atoms with van der Waals surface area (Å²) in [6, 6.07) is 8.60. The van der Waals surface area contributed by atoms with Gasteiger partial charge in [0.1, 0.15) is 5.82 Å². The number of nitrogen functional groups attached to an aromatic ring is 1. The first-order chi connectivity index (χ1) is 8.99. The highest BCUT2D eigenvalue weighted by molar-refractivity contribution is 6.44. The van der Waals surface area contributed by atoms with Crippen molar-refractivity contribution in [3.8, 4) is 0 Å². The number of benzene rings is 2. The van der Waals surface area contributed by atoms with Crippen molar-refractivity contribution < 1.29 is 9.18 Å². The predicted octanol–water partition coefficient (Wildman–Crippen LogP) is 3.97. The van der Waals surface area contributed by atoms with Crippen molar-refractivity contribution in [2.24, 2.45) is 0 Å². The summed E-state index contributed by atoms with van der Waals surface area (Å²) in [6.07, 6.45) is 0. The van der Waals surface area contributed by atoms with Crippen molar-refractivity contribution >= 4 is 40.5 Å². The summed E-state index contributed by atoms with van der Waals surface area (Å²) in [5.41, 5.74) is 6.08. The minimum Gasteiger partial charge on any atom is -0.397 e. The Morgan fingerprint density at radius 3 is 2.53 bits per heavy atom. The van der Waals surface area contributed by atoms with Crippen LogP contribution in [-0.2, 0) is 0 Å². The van der Waals surface area contributed by atoms with Gasteiger partial charge in [-0.15, -0.1) is 0 Å². The number of rotatable bonds is 2. The van der Waals surface area contributed by atoms with E-state index in [2.05, 4.69) is 5.32 Å². The van der Waals surface area contributed by atoms with E-state index in [1.807, 2.05) is 0 Å². The Hall–Kier alpha value is -1.78. The molecule has 6 heteroatoms. The summed E-state index contributed by atoms with van der Waals surface area (Å²) in [4.78, 5) is 11.9. The topological polar surface area (TPSA) is 55.1 Å². The molecule has 0 aliphatic rings. The first kappa shape index (κ1) is 13.6. The van der Waals surface area contributed by atoms with Gasteiger partial charge in [0, 0.05) is 5.56 Å². The zero-order chi connectivity index (χ0) is 14.0. The molecule has 0 saturated heterocycles. The van der Waals surface area contributed by atoms with E-state index in [9.17, 15) is 9.18 Å². The number of nitrogens with two attached hydrogens (primary N) is 1. The van der Waals surface area contributed by atoms with E-state index in [0.29, 0.717) is 0 Å². The van der Waals surface area contributed by atoms with Gasteiger partial charge in [0.05, 0.1) is 21.4 Å². The zero-order valence-electron chi connectivity index (χ0n) is 9.58. The average molecular weight is 299 g/mol. The van der Waals surface area contributed by atoms with Crippen molar-refractivity contribution in [2.45, 2.75) is 0 Å². The number of halogens is 3. The zero-order valence-corrected chi connectivity index (χ0v) is 11.1. The molecule has 0 aromatic heterocycles. The smallest absolute Gasteiger partial charge is 0.255 e. The fourth-order valence-electron chi connectivity index (χ4n) is 1.50. The Kier molecular flexibility index (Phi) is 3.93. The second-order valence-corrected chi connectivity index (χ2v) is 4.58. The molecule has 0 heterocycles. The molecular formula is C13H9Cl2FN2O. The fraction of sp³-hybridized carbons (Fsp3) is 0. The highest BCUT2D eigenvalue weighted by Gasteiger charge is 2.12. The number of hydrogen-bond donors (Lipinski definition) is 2. The van der Waals surface area contributed by atoms with E-state index in [0.717, 1.165) is 0 Å². The maximum Gasteiger partial charge on any atom is 0.255 e. The number of amides is 1. The third kappa shape index (κ3) is 2.97. The molecule has 2 aromatic carbocycles. The van der Waals surface area contributed by atoms with Gasteiger partial charge in [-0.2, -0.15) is 0 Å². The van der Waals surface area contributed by atoms with Crippen LogP contribution in [0.4, 0.5) is 15.8 Å². The third-order valence-corrected chi connectivity index (χ3v) is 3.26. The molecule has 0 spiro atoms. The van der Waals surface area contributed by atoms with Gasteiger partial charge in [0.15, 0.2) is 0 Å². The number of para-hydroxylation sites is 1. The van der Waals surface area contributed by atoms with Crippen LogP contribution in [0.5, 0.6) is 0 Å². The van der Waals surface area contributed by atoms with Crippen LogP contribution in [-0.4, -0.2) is 5.91 Å². The Labute approximate surface area is 119 Å². The van der Waals surface area contributed by atoms with Gasteiger partial charge >= 0.3 is 0 Å². The number of carbonyl (C=O) groups is 1. The molecule has 0 atom stereocenters. The quantitative estimate of drug-likeness (QED) is 0.824. The maximum absolute atomic E-state index is 13.4. The second kappa shape index (κ2) is 5.47. The highest BCUT2D eigenvalue weighted by atomic mass is 35.5.